The van der Waals surface area contributed by atoms with Gasteiger partial charge in [0.1, 0.15) is 16.3 Å². The Morgan fingerprint density at radius 3 is 2.91 bits per heavy atom. The number of aromatic nitrogens is 6. The van der Waals surface area contributed by atoms with Gasteiger partial charge in [-0.25, -0.2) is 4.68 Å². The molecule has 112 valence electrons. The SMILES string of the molecule is Cc1nnc(CNC(=O)c2ccc(-n3cnnn3)cc2Cl)s1. The number of amides is 1. The van der Waals surface area contributed by atoms with Gasteiger partial charge < -0.3 is 5.32 Å². The second-order valence-corrected chi connectivity index (χ2v) is 5.99. The molecule has 10 heteroatoms. The Bertz CT molecular complexity index is 802. The van der Waals surface area contributed by atoms with Crippen LogP contribution in [0.2, 0.25) is 5.02 Å². The zero-order chi connectivity index (χ0) is 15.5. The molecule has 0 aliphatic heterocycles. The van der Waals surface area contributed by atoms with Gasteiger partial charge in [0.05, 0.1) is 22.8 Å². The molecule has 0 unspecified atom stereocenters. The summed E-state index contributed by atoms with van der Waals surface area (Å²) in [6, 6.07) is 4.97. The van der Waals surface area contributed by atoms with E-state index in [4.69, 9.17) is 11.6 Å². The molecular formula is C12H10ClN7OS. The number of tetrazole rings is 1. The van der Waals surface area contributed by atoms with Gasteiger partial charge in [-0.15, -0.1) is 15.3 Å². The smallest absolute Gasteiger partial charge is 0.253 e. The lowest BCUT2D eigenvalue weighted by Crippen LogP contribution is -2.23. The minimum absolute atomic E-state index is 0.277. The van der Waals surface area contributed by atoms with Crippen molar-refractivity contribution in [3.05, 3.63) is 45.1 Å². The number of nitrogens with zero attached hydrogens (tertiary/aromatic N) is 6. The number of hydrogen-bond donors (Lipinski definition) is 1. The first-order valence-electron chi connectivity index (χ1n) is 6.23. The first kappa shape index (κ1) is 14.5. The van der Waals surface area contributed by atoms with Crippen molar-refractivity contribution in [3.8, 4) is 5.69 Å². The van der Waals surface area contributed by atoms with Gasteiger partial charge in [0.2, 0.25) is 0 Å². The van der Waals surface area contributed by atoms with Crippen LogP contribution in [-0.4, -0.2) is 36.3 Å². The van der Waals surface area contributed by atoms with Crippen LogP contribution in [0.4, 0.5) is 0 Å². The lowest BCUT2D eigenvalue weighted by molar-refractivity contribution is 0.0951. The summed E-state index contributed by atoms with van der Waals surface area (Å²) in [7, 11) is 0. The van der Waals surface area contributed by atoms with E-state index >= 15 is 0 Å². The lowest BCUT2D eigenvalue weighted by atomic mass is 10.2. The Morgan fingerprint density at radius 1 is 1.41 bits per heavy atom. The molecule has 3 aromatic rings. The molecule has 8 nitrogen and oxygen atoms in total. The van der Waals surface area contributed by atoms with Gasteiger partial charge in [0, 0.05) is 0 Å². The molecule has 0 saturated heterocycles. The maximum absolute atomic E-state index is 12.2. The summed E-state index contributed by atoms with van der Waals surface area (Å²) in [4.78, 5) is 12.2. The molecule has 0 aliphatic carbocycles. The Kier molecular flexibility index (Phi) is 4.07. The van der Waals surface area contributed by atoms with E-state index in [0.29, 0.717) is 22.8 Å². The highest BCUT2D eigenvalue weighted by Gasteiger charge is 2.12. The van der Waals surface area contributed by atoms with Gasteiger partial charge in [-0.1, -0.05) is 22.9 Å². The number of aryl methyl sites for hydroxylation is 1. The zero-order valence-electron chi connectivity index (χ0n) is 11.4. The summed E-state index contributed by atoms with van der Waals surface area (Å²) in [5, 5.41) is 23.4. The van der Waals surface area contributed by atoms with E-state index in [9.17, 15) is 4.79 Å². The molecule has 2 heterocycles. The van der Waals surface area contributed by atoms with Crippen LogP contribution in [0.3, 0.4) is 0 Å². The number of halogens is 1. The summed E-state index contributed by atoms with van der Waals surface area (Å²) in [5.74, 6) is -0.277. The molecule has 0 bridgehead atoms. The van der Waals surface area contributed by atoms with Gasteiger partial charge in [0.15, 0.2) is 0 Å². The van der Waals surface area contributed by atoms with E-state index in [2.05, 4.69) is 31.0 Å². The topological polar surface area (TPSA) is 98.5 Å². The third-order valence-corrected chi connectivity index (χ3v) is 3.93. The summed E-state index contributed by atoms with van der Waals surface area (Å²) in [5.41, 5.74) is 1.05. The van der Waals surface area contributed by atoms with Crippen molar-refractivity contribution in [1.29, 1.82) is 0 Å². The highest BCUT2D eigenvalue weighted by molar-refractivity contribution is 7.11. The number of hydrogen-bond acceptors (Lipinski definition) is 7. The fourth-order valence-electron chi connectivity index (χ4n) is 1.77. The van der Waals surface area contributed by atoms with Gasteiger partial charge in [0.25, 0.3) is 5.91 Å². The highest BCUT2D eigenvalue weighted by atomic mass is 35.5. The largest absolute Gasteiger partial charge is 0.345 e. The van der Waals surface area contributed by atoms with Gasteiger partial charge in [-0.05, 0) is 35.5 Å². The summed E-state index contributed by atoms with van der Waals surface area (Å²) < 4.78 is 1.46. The second-order valence-electron chi connectivity index (χ2n) is 4.32. The third kappa shape index (κ3) is 3.10. The molecule has 0 radical (unpaired) electrons. The maximum atomic E-state index is 12.2. The van der Waals surface area contributed by atoms with Gasteiger partial charge in [-0.2, -0.15) is 0 Å². The molecule has 22 heavy (non-hydrogen) atoms. The van der Waals surface area contributed by atoms with Gasteiger partial charge >= 0.3 is 0 Å². The number of nitrogens with one attached hydrogen (secondary N) is 1. The molecule has 1 aromatic carbocycles. The van der Waals surface area contributed by atoms with Crippen molar-refractivity contribution >= 4 is 28.8 Å². The number of benzene rings is 1. The normalized spacial score (nSPS) is 10.6. The van der Waals surface area contributed by atoms with E-state index in [1.54, 1.807) is 18.2 Å². The first-order chi connectivity index (χ1) is 10.6. The van der Waals surface area contributed by atoms with Crippen LogP contribution in [0.1, 0.15) is 20.4 Å². The first-order valence-corrected chi connectivity index (χ1v) is 7.43. The Labute approximate surface area is 134 Å². The Hall–Kier alpha value is -2.39. The molecule has 0 atom stereocenters. The van der Waals surface area contributed by atoms with Crippen molar-refractivity contribution in [2.45, 2.75) is 13.5 Å². The average Bonchev–Trinajstić information content (AvgIpc) is 3.16. The quantitative estimate of drug-likeness (QED) is 0.774. The Balaban J connectivity index is 1.72. The van der Waals surface area contributed by atoms with Crippen LogP contribution in [-0.2, 0) is 6.54 Å². The highest BCUT2D eigenvalue weighted by Crippen LogP contribution is 2.20. The van der Waals surface area contributed by atoms with Crippen LogP contribution in [0.25, 0.3) is 5.69 Å². The Morgan fingerprint density at radius 2 is 2.27 bits per heavy atom. The van der Waals surface area contributed by atoms with Crippen LogP contribution in [0.15, 0.2) is 24.5 Å². The molecule has 2 aromatic heterocycles. The third-order valence-electron chi connectivity index (χ3n) is 2.78. The molecule has 0 spiro atoms. The molecule has 0 fully saturated rings. The number of rotatable bonds is 4. The van der Waals surface area contributed by atoms with E-state index < -0.39 is 0 Å². The molecule has 1 amide bonds. The number of carbonyl (C=O) groups excluding carboxylic acids is 1. The summed E-state index contributed by atoms with van der Waals surface area (Å²) in [6.07, 6.45) is 1.45. The standard InChI is InChI=1S/C12H10ClN7OS/c1-7-16-17-11(22-7)5-14-12(21)9-3-2-8(4-10(9)13)20-6-15-18-19-20/h2-4,6H,5H2,1H3,(H,14,21). The van der Waals surface area contributed by atoms with E-state index in [0.717, 1.165) is 10.0 Å². The van der Waals surface area contributed by atoms with Crippen LogP contribution >= 0.6 is 22.9 Å². The molecule has 3 rings (SSSR count). The lowest BCUT2D eigenvalue weighted by Gasteiger charge is -2.07. The second kappa shape index (κ2) is 6.16. The van der Waals surface area contributed by atoms with Crippen molar-refractivity contribution in [3.63, 3.8) is 0 Å². The van der Waals surface area contributed by atoms with Crippen molar-refractivity contribution in [1.82, 2.24) is 35.7 Å². The van der Waals surface area contributed by atoms with Crippen LogP contribution in [0.5, 0.6) is 0 Å². The van der Waals surface area contributed by atoms with E-state index in [1.807, 2.05) is 6.92 Å². The fourth-order valence-corrected chi connectivity index (χ4v) is 2.68. The van der Waals surface area contributed by atoms with Gasteiger partial charge in [-0.3, -0.25) is 4.79 Å². The van der Waals surface area contributed by atoms with Crippen molar-refractivity contribution in [2.24, 2.45) is 0 Å². The average molecular weight is 336 g/mol. The fraction of sp³-hybridized carbons (Fsp3) is 0.167. The van der Waals surface area contributed by atoms with E-state index in [1.165, 1.54) is 22.3 Å². The minimum atomic E-state index is -0.277. The minimum Gasteiger partial charge on any atom is -0.345 e. The van der Waals surface area contributed by atoms with Crippen LogP contribution in [0, 0.1) is 6.92 Å². The monoisotopic (exact) mass is 335 g/mol. The van der Waals surface area contributed by atoms with Crippen molar-refractivity contribution < 1.29 is 4.79 Å². The summed E-state index contributed by atoms with van der Waals surface area (Å²) in [6.45, 7) is 2.17. The number of carbonyl (C=O) groups is 1. The zero-order valence-corrected chi connectivity index (χ0v) is 13.0. The van der Waals surface area contributed by atoms with E-state index in [-0.39, 0.29) is 5.91 Å². The molecule has 0 saturated carbocycles. The maximum Gasteiger partial charge on any atom is 0.253 e. The predicted octanol–water partition coefficient (Wildman–Crippen LogP) is 1.41. The molecule has 0 aliphatic rings. The van der Waals surface area contributed by atoms with Crippen LogP contribution < -0.4 is 5.32 Å². The summed E-state index contributed by atoms with van der Waals surface area (Å²) >= 11 is 7.59. The molecule has 1 N–H and O–H groups in total. The molecular weight excluding hydrogens is 326 g/mol. The predicted molar refractivity (Wildman–Crippen MR) is 80.0 cm³/mol. The van der Waals surface area contributed by atoms with Crippen molar-refractivity contribution in [2.75, 3.05) is 0 Å².